The van der Waals surface area contributed by atoms with Crippen LogP contribution < -0.4 is 0 Å². The van der Waals surface area contributed by atoms with Gasteiger partial charge in [-0.2, -0.15) is 5.10 Å². The second-order valence-corrected chi connectivity index (χ2v) is 2.51. The lowest BCUT2D eigenvalue weighted by atomic mass is 10.2. The van der Waals surface area contributed by atoms with Crippen LogP contribution in [0.25, 0.3) is 5.57 Å². The average molecular weight is 166 g/mol. The highest BCUT2D eigenvalue weighted by Crippen LogP contribution is 2.10. The number of aromatic nitrogens is 2. The summed E-state index contributed by atoms with van der Waals surface area (Å²) in [5.41, 5.74) is 1.51. The highest BCUT2D eigenvalue weighted by atomic mass is 16.4. The summed E-state index contributed by atoms with van der Waals surface area (Å²) in [5.74, 6) is -0.936. The topological polar surface area (TPSA) is 55.1 Å². The summed E-state index contributed by atoms with van der Waals surface area (Å²) < 4.78 is 1.63. The Bertz CT molecular complexity index is 326. The first-order valence-corrected chi connectivity index (χ1v) is 3.51. The van der Waals surface area contributed by atoms with Crippen molar-refractivity contribution in [3.63, 3.8) is 0 Å². The molecule has 0 aliphatic rings. The van der Waals surface area contributed by atoms with Gasteiger partial charge in [-0.25, -0.2) is 4.79 Å². The van der Waals surface area contributed by atoms with Crippen molar-refractivity contribution in [1.82, 2.24) is 9.78 Å². The number of allylic oxidation sites excluding steroid dienone is 1. The summed E-state index contributed by atoms with van der Waals surface area (Å²) in [6, 6.07) is 1.77. The number of rotatable bonds is 2. The van der Waals surface area contributed by atoms with Crippen LogP contribution in [0.3, 0.4) is 0 Å². The summed E-state index contributed by atoms with van der Waals surface area (Å²) in [4.78, 5) is 10.3. The van der Waals surface area contributed by atoms with Crippen LogP contribution in [-0.2, 0) is 11.8 Å². The second-order valence-electron chi connectivity index (χ2n) is 2.51. The first-order valence-electron chi connectivity index (χ1n) is 3.51. The predicted molar refractivity (Wildman–Crippen MR) is 44.5 cm³/mol. The Labute approximate surface area is 70.1 Å². The molecular formula is C8H10N2O2. The van der Waals surface area contributed by atoms with E-state index in [-0.39, 0.29) is 0 Å². The van der Waals surface area contributed by atoms with E-state index in [2.05, 4.69) is 5.10 Å². The van der Waals surface area contributed by atoms with E-state index in [0.29, 0.717) is 5.57 Å². The van der Waals surface area contributed by atoms with Crippen molar-refractivity contribution >= 4 is 11.5 Å². The van der Waals surface area contributed by atoms with Gasteiger partial charge in [0.15, 0.2) is 0 Å². The van der Waals surface area contributed by atoms with Crippen LogP contribution in [0, 0.1) is 0 Å². The number of nitrogens with zero attached hydrogens (tertiary/aromatic N) is 2. The summed E-state index contributed by atoms with van der Waals surface area (Å²) in [6.07, 6.45) is 2.80. The molecule has 0 bridgehead atoms. The fourth-order valence-electron chi connectivity index (χ4n) is 1.02. The monoisotopic (exact) mass is 166 g/mol. The van der Waals surface area contributed by atoms with Gasteiger partial charge < -0.3 is 5.11 Å². The second kappa shape index (κ2) is 3.21. The maximum Gasteiger partial charge on any atom is 0.328 e. The Balaban J connectivity index is 2.99. The van der Waals surface area contributed by atoms with Crippen molar-refractivity contribution in [3.8, 4) is 0 Å². The Morgan fingerprint density at radius 2 is 2.42 bits per heavy atom. The van der Waals surface area contributed by atoms with E-state index >= 15 is 0 Å². The van der Waals surface area contributed by atoms with Crippen molar-refractivity contribution in [2.45, 2.75) is 6.92 Å². The molecule has 0 aromatic carbocycles. The summed E-state index contributed by atoms with van der Waals surface area (Å²) in [6.45, 7) is 1.74. The molecule has 0 aliphatic carbocycles. The molecule has 1 aromatic heterocycles. The number of aliphatic carboxylic acids is 1. The van der Waals surface area contributed by atoms with Crippen molar-refractivity contribution in [2.75, 3.05) is 0 Å². The van der Waals surface area contributed by atoms with E-state index < -0.39 is 5.97 Å². The zero-order valence-electron chi connectivity index (χ0n) is 6.98. The van der Waals surface area contributed by atoms with E-state index in [0.717, 1.165) is 11.8 Å². The first kappa shape index (κ1) is 8.52. The number of carboxylic acid groups (broad SMARTS) is 1. The Morgan fingerprint density at radius 1 is 1.75 bits per heavy atom. The van der Waals surface area contributed by atoms with Crippen molar-refractivity contribution in [3.05, 3.63) is 24.0 Å². The summed E-state index contributed by atoms with van der Waals surface area (Å²) in [7, 11) is 1.77. The minimum Gasteiger partial charge on any atom is -0.478 e. The lowest BCUT2D eigenvalue weighted by molar-refractivity contribution is -0.131. The third-order valence-electron chi connectivity index (χ3n) is 1.56. The normalized spacial score (nSPS) is 11.7. The van der Waals surface area contributed by atoms with Crippen LogP contribution in [0.5, 0.6) is 0 Å². The van der Waals surface area contributed by atoms with Crippen molar-refractivity contribution < 1.29 is 9.90 Å². The van der Waals surface area contributed by atoms with Crippen molar-refractivity contribution in [1.29, 1.82) is 0 Å². The van der Waals surface area contributed by atoms with Crippen LogP contribution in [0.15, 0.2) is 18.3 Å². The fourth-order valence-corrected chi connectivity index (χ4v) is 1.02. The molecule has 0 spiro atoms. The molecule has 1 N–H and O–H groups in total. The quantitative estimate of drug-likeness (QED) is 0.664. The van der Waals surface area contributed by atoms with Gasteiger partial charge in [0.05, 0.1) is 5.69 Å². The molecule has 4 nitrogen and oxygen atoms in total. The van der Waals surface area contributed by atoms with Gasteiger partial charge in [0.25, 0.3) is 0 Å². The lowest BCUT2D eigenvalue weighted by Crippen LogP contribution is -1.97. The first-order chi connectivity index (χ1) is 5.61. The molecule has 64 valence electrons. The average Bonchev–Trinajstić information content (AvgIpc) is 2.33. The standard InChI is InChI=1S/C8H10N2O2/c1-6(5-8(11)12)7-3-4-9-10(7)2/h3-5H,1-2H3,(H,11,12). The van der Waals surface area contributed by atoms with E-state index in [9.17, 15) is 4.79 Å². The van der Waals surface area contributed by atoms with Crippen molar-refractivity contribution in [2.24, 2.45) is 7.05 Å². The molecule has 4 heteroatoms. The largest absolute Gasteiger partial charge is 0.478 e. The zero-order chi connectivity index (χ0) is 9.14. The Morgan fingerprint density at radius 3 is 2.83 bits per heavy atom. The van der Waals surface area contributed by atoms with Gasteiger partial charge in [0.1, 0.15) is 0 Å². The molecule has 0 aliphatic heterocycles. The maximum atomic E-state index is 10.3. The van der Waals surface area contributed by atoms with Gasteiger partial charge in [-0.15, -0.1) is 0 Å². The molecule has 0 amide bonds. The number of aryl methyl sites for hydroxylation is 1. The Kier molecular flexibility index (Phi) is 2.28. The molecular weight excluding hydrogens is 156 g/mol. The lowest BCUT2D eigenvalue weighted by Gasteiger charge is -1.99. The molecule has 0 saturated heterocycles. The molecule has 0 saturated carbocycles. The molecule has 1 aromatic rings. The third kappa shape index (κ3) is 1.72. The molecule has 0 fully saturated rings. The summed E-state index contributed by atoms with van der Waals surface area (Å²) >= 11 is 0. The number of carbonyl (C=O) groups is 1. The maximum absolute atomic E-state index is 10.3. The van der Waals surface area contributed by atoms with Gasteiger partial charge in [-0.1, -0.05) is 0 Å². The minimum atomic E-state index is -0.936. The predicted octanol–water partition coefficient (Wildman–Crippen LogP) is 0.908. The Hall–Kier alpha value is -1.58. The number of hydrogen-bond acceptors (Lipinski definition) is 2. The van der Waals surface area contributed by atoms with Gasteiger partial charge in [-0.05, 0) is 18.6 Å². The van der Waals surface area contributed by atoms with Crippen LogP contribution >= 0.6 is 0 Å². The number of hydrogen-bond donors (Lipinski definition) is 1. The van der Waals surface area contributed by atoms with Gasteiger partial charge in [0, 0.05) is 19.3 Å². The van der Waals surface area contributed by atoms with Crippen LogP contribution in [-0.4, -0.2) is 20.9 Å². The van der Waals surface area contributed by atoms with Gasteiger partial charge in [-0.3, -0.25) is 4.68 Å². The minimum absolute atomic E-state index is 0.697. The molecule has 1 rings (SSSR count). The molecule has 1 heterocycles. The van der Waals surface area contributed by atoms with Crippen LogP contribution in [0.4, 0.5) is 0 Å². The third-order valence-corrected chi connectivity index (χ3v) is 1.56. The van der Waals surface area contributed by atoms with Gasteiger partial charge >= 0.3 is 5.97 Å². The fraction of sp³-hybridized carbons (Fsp3) is 0.250. The van der Waals surface area contributed by atoms with Gasteiger partial charge in [0.2, 0.25) is 0 Å². The molecule has 0 radical (unpaired) electrons. The smallest absolute Gasteiger partial charge is 0.328 e. The summed E-state index contributed by atoms with van der Waals surface area (Å²) in [5, 5.41) is 12.4. The van der Waals surface area contributed by atoms with Crippen LogP contribution in [0.2, 0.25) is 0 Å². The highest BCUT2D eigenvalue weighted by molar-refractivity contribution is 5.88. The molecule has 12 heavy (non-hydrogen) atoms. The van der Waals surface area contributed by atoms with E-state index in [1.54, 1.807) is 30.9 Å². The number of carboxylic acids is 1. The molecule has 0 unspecified atom stereocenters. The molecule has 0 atom stereocenters. The zero-order valence-corrected chi connectivity index (χ0v) is 6.98. The SMILES string of the molecule is CC(=CC(=O)O)c1ccnn1C. The van der Waals surface area contributed by atoms with E-state index in [1.165, 1.54) is 0 Å². The highest BCUT2D eigenvalue weighted by Gasteiger charge is 2.01. The van der Waals surface area contributed by atoms with E-state index in [4.69, 9.17) is 5.11 Å². The van der Waals surface area contributed by atoms with Crippen LogP contribution in [0.1, 0.15) is 12.6 Å². The van der Waals surface area contributed by atoms with E-state index in [1.807, 2.05) is 0 Å².